The number of aromatic nitrogens is 7. The van der Waals surface area contributed by atoms with Crippen LogP contribution in [-0.4, -0.2) is 89.8 Å². The number of hydrogen-bond acceptors (Lipinski definition) is 15. The van der Waals surface area contributed by atoms with Crippen LogP contribution in [0.5, 0.6) is 0 Å². The number of nitrogens with one attached hydrogen (secondary N) is 1. The Kier molecular flexibility index (Phi) is 9.94. The molecule has 2 fully saturated rings. The van der Waals surface area contributed by atoms with Gasteiger partial charge in [-0.15, -0.1) is 0 Å². The maximum atomic E-state index is 14.3. The SMILES string of the molecule is CC(=O)NP(=O)(OC[C@H]1OC(n2cnc3c(N)ccnc32)C[C@H]1OC(C)C)O[C@@H]1CC(n2cnc3c(N)ncnc32)O[C@@H]1COC(C)C. The number of hydrogen-bond donors (Lipinski definition) is 3. The van der Waals surface area contributed by atoms with Crippen LogP contribution in [0, 0.1) is 0 Å². The summed E-state index contributed by atoms with van der Waals surface area (Å²) >= 11 is 0. The van der Waals surface area contributed by atoms with Crippen molar-refractivity contribution in [2.45, 2.75) is 96.5 Å². The predicted molar refractivity (Wildman–Crippen MR) is 172 cm³/mol. The summed E-state index contributed by atoms with van der Waals surface area (Å²) < 4.78 is 54.5. The zero-order valence-electron chi connectivity index (χ0n) is 27.3. The average Bonchev–Trinajstić information content (AvgIpc) is 3.80. The molecule has 0 bridgehead atoms. The van der Waals surface area contributed by atoms with Crippen LogP contribution in [0.2, 0.25) is 0 Å². The Morgan fingerprint density at radius 1 is 0.938 bits per heavy atom. The molecular formula is C29H41N10O8P. The molecule has 6 rings (SSSR count). The topological polar surface area (TPSA) is 228 Å². The van der Waals surface area contributed by atoms with Gasteiger partial charge in [0.25, 0.3) is 0 Å². The Morgan fingerprint density at radius 3 is 2.25 bits per heavy atom. The van der Waals surface area contributed by atoms with Gasteiger partial charge in [0.2, 0.25) is 5.91 Å². The Balaban J connectivity index is 1.21. The lowest BCUT2D eigenvalue weighted by molar-refractivity contribution is -0.118. The Bertz CT molecular complexity index is 1800. The van der Waals surface area contributed by atoms with Gasteiger partial charge in [-0.05, 0) is 33.8 Å². The molecule has 0 aliphatic carbocycles. The number of fused-ring (bicyclic) bond motifs is 2. The molecule has 4 aromatic rings. The van der Waals surface area contributed by atoms with Crippen LogP contribution in [0.15, 0.2) is 31.2 Å². The first-order chi connectivity index (χ1) is 22.9. The van der Waals surface area contributed by atoms with Crippen molar-refractivity contribution in [2.75, 3.05) is 24.7 Å². The molecule has 3 unspecified atom stereocenters. The molecule has 2 aliphatic heterocycles. The quantitative estimate of drug-likeness (QED) is 0.172. The molecule has 0 aromatic carbocycles. The molecule has 260 valence electrons. The van der Waals surface area contributed by atoms with E-state index in [1.165, 1.54) is 13.3 Å². The predicted octanol–water partition coefficient (Wildman–Crippen LogP) is 2.88. The van der Waals surface area contributed by atoms with E-state index in [1.807, 2.05) is 27.7 Å². The van der Waals surface area contributed by atoms with Gasteiger partial charge in [-0.1, -0.05) is 0 Å². The van der Waals surface area contributed by atoms with Gasteiger partial charge < -0.3 is 30.4 Å². The van der Waals surface area contributed by atoms with Crippen molar-refractivity contribution in [3.05, 3.63) is 31.2 Å². The van der Waals surface area contributed by atoms with Crippen molar-refractivity contribution >= 4 is 47.5 Å². The summed E-state index contributed by atoms with van der Waals surface area (Å²) in [6.07, 6.45) is 2.69. The number of nitrogen functional groups attached to an aromatic ring is 2. The monoisotopic (exact) mass is 688 g/mol. The highest BCUT2D eigenvalue weighted by Crippen LogP contribution is 2.50. The molecule has 1 amide bonds. The van der Waals surface area contributed by atoms with Crippen LogP contribution < -0.4 is 16.6 Å². The minimum absolute atomic E-state index is 0.113. The fraction of sp³-hybridized carbons (Fsp3) is 0.586. The summed E-state index contributed by atoms with van der Waals surface area (Å²) in [6.45, 7) is 8.72. The molecule has 4 aromatic heterocycles. The summed E-state index contributed by atoms with van der Waals surface area (Å²) in [7, 11) is -4.30. The lowest BCUT2D eigenvalue weighted by Crippen LogP contribution is -2.35. The van der Waals surface area contributed by atoms with Gasteiger partial charge in [0, 0.05) is 26.0 Å². The number of pyridine rings is 1. The van der Waals surface area contributed by atoms with Crippen molar-refractivity contribution in [1.29, 1.82) is 0 Å². The van der Waals surface area contributed by atoms with Gasteiger partial charge in [-0.2, -0.15) is 0 Å². The van der Waals surface area contributed by atoms with Gasteiger partial charge in [0.1, 0.15) is 48.1 Å². The van der Waals surface area contributed by atoms with E-state index in [1.54, 1.807) is 34.1 Å². The van der Waals surface area contributed by atoms with E-state index in [2.05, 4.69) is 30.0 Å². The number of imidazole rings is 2. The Labute approximate surface area is 276 Å². The molecular weight excluding hydrogens is 647 g/mol. The third-order valence-corrected chi connectivity index (χ3v) is 9.50. The van der Waals surface area contributed by atoms with Crippen molar-refractivity contribution < 1.29 is 37.4 Å². The molecule has 18 nitrogen and oxygen atoms in total. The van der Waals surface area contributed by atoms with E-state index in [-0.39, 0.29) is 37.7 Å². The van der Waals surface area contributed by atoms with E-state index in [0.717, 1.165) is 0 Å². The van der Waals surface area contributed by atoms with Gasteiger partial charge in [-0.25, -0.2) is 29.5 Å². The number of rotatable bonds is 13. The molecule has 5 N–H and O–H groups in total. The smallest absolute Gasteiger partial charge is 0.397 e. The largest absolute Gasteiger partial charge is 0.435 e. The third kappa shape index (κ3) is 7.29. The number of carbonyl (C=O) groups excluding carboxylic acids is 1. The minimum atomic E-state index is -4.30. The molecule has 2 aliphatic rings. The van der Waals surface area contributed by atoms with Crippen molar-refractivity contribution in [3.8, 4) is 0 Å². The van der Waals surface area contributed by atoms with Crippen LogP contribution in [0.4, 0.5) is 11.5 Å². The Hall–Kier alpha value is -3.77. The molecule has 19 heteroatoms. The van der Waals surface area contributed by atoms with Gasteiger partial charge in [0.05, 0.1) is 49.9 Å². The zero-order valence-corrected chi connectivity index (χ0v) is 28.2. The maximum absolute atomic E-state index is 14.3. The number of nitrogens with two attached hydrogens (primary N) is 2. The van der Waals surface area contributed by atoms with Gasteiger partial charge in [0.15, 0.2) is 17.1 Å². The highest BCUT2D eigenvalue weighted by molar-refractivity contribution is 7.52. The summed E-state index contributed by atoms with van der Waals surface area (Å²) in [5.41, 5.74) is 14.6. The van der Waals surface area contributed by atoms with E-state index in [9.17, 15) is 9.36 Å². The second-order valence-electron chi connectivity index (χ2n) is 12.2. The molecule has 0 saturated carbocycles. The highest BCUT2D eigenvalue weighted by Gasteiger charge is 2.45. The van der Waals surface area contributed by atoms with E-state index >= 15 is 0 Å². The third-order valence-electron chi connectivity index (χ3n) is 7.88. The average molecular weight is 689 g/mol. The van der Waals surface area contributed by atoms with E-state index < -0.39 is 50.5 Å². The fourth-order valence-electron chi connectivity index (χ4n) is 5.81. The van der Waals surface area contributed by atoms with Crippen LogP contribution in [0.1, 0.15) is 59.9 Å². The van der Waals surface area contributed by atoms with E-state index in [4.69, 9.17) is 39.5 Å². The van der Waals surface area contributed by atoms with Crippen LogP contribution in [-0.2, 0) is 37.4 Å². The normalized spacial score (nSPS) is 25.8. The van der Waals surface area contributed by atoms with Crippen LogP contribution >= 0.6 is 7.75 Å². The molecule has 7 atom stereocenters. The van der Waals surface area contributed by atoms with Gasteiger partial charge in [-0.3, -0.25) is 28.1 Å². The van der Waals surface area contributed by atoms with Crippen molar-refractivity contribution in [3.63, 3.8) is 0 Å². The summed E-state index contributed by atoms with van der Waals surface area (Å²) in [4.78, 5) is 33.8. The molecule has 0 spiro atoms. The second kappa shape index (κ2) is 14.0. The van der Waals surface area contributed by atoms with Crippen LogP contribution in [0.3, 0.4) is 0 Å². The highest BCUT2D eigenvalue weighted by atomic mass is 31.2. The standard InChI is InChI=1S/C29H41N10O8P/c1-15(2)42-10-21-20(9-24(45-21)39-14-36-26-27(31)33-12-34-29(26)39)47-48(41,37-17(5)40)43-11-22-19(44-16(3)4)8-23(46-22)38-13-35-25-18(30)6-7-32-28(25)38/h6-7,12-16,19-24H,8-11H2,1-5H3,(H2,30,32)(H2,31,33,34)(H,37,40,41)/t19-,20-,21-,22-,23?,24?,48?/m1/s1. The molecule has 0 radical (unpaired) electrons. The number of amides is 1. The first-order valence-corrected chi connectivity index (χ1v) is 17.2. The number of anilines is 2. The molecule has 6 heterocycles. The second-order valence-corrected chi connectivity index (χ2v) is 13.9. The molecule has 2 saturated heterocycles. The van der Waals surface area contributed by atoms with E-state index in [0.29, 0.717) is 34.4 Å². The van der Waals surface area contributed by atoms with Gasteiger partial charge >= 0.3 is 7.75 Å². The number of carbonyl (C=O) groups is 1. The summed E-state index contributed by atoms with van der Waals surface area (Å²) in [6, 6.07) is 1.68. The lowest BCUT2D eigenvalue weighted by atomic mass is 10.2. The summed E-state index contributed by atoms with van der Waals surface area (Å²) in [5.74, 6) is -0.379. The maximum Gasteiger partial charge on any atom is 0.435 e. The first-order valence-electron chi connectivity index (χ1n) is 15.7. The first kappa shape index (κ1) is 34.1. The van der Waals surface area contributed by atoms with Crippen molar-refractivity contribution in [2.24, 2.45) is 0 Å². The molecule has 48 heavy (non-hydrogen) atoms. The summed E-state index contributed by atoms with van der Waals surface area (Å²) in [5, 5.41) is 2.39. The number of nitrogens with zero attached hydrogens (tertiary/aromatic N) is 7. The van der Waals surface area contributed by atoms with Crippen LogP contribution in [0.25, 0.3) is 22.3 Å². The lowest BCUT2D eigenvalue weighted by Gasteiger charge is -2.27. The minimum Gasteiger partial charge on any atom is -0.397 e. The van der Waals surface area contributed by atoms with Crippen molar-refractivity contribution in [1.82, 2.24) is 39.1 Å². The zero-order chi connectivity index (χ0) is 34.2. The Morgan fingerprint density at radius 2 is 1.58 bits per heavy atom. The fourth-order valence-corrected chi connectivity index (χ4v) is 7.30. The number of ether oxygens (including phenoxy) is 4.